The standard InChI is InChI=1S/C15H15BrN2O2S/c1-10(19)11-4-3-5-12(8-11)17-15(20)18(2)9-13-6-7-14(16)21-13/h3-8H,9H2,1-2H3,(H,17,20). The number of urea groups is 1. The van der Waals surface area contributed by atoms with Crippen LogP contribution in [0, 0.1) is 0 Å². The predicted octanol–water partition coefficient (Wildman–Crippen LogP) is 4.38. The van der Waals surface area contributed by atoms with E-state index in [0.717, 1.165) is 8.66 Å². The highest BCUT2D eigenvalue weighted by molar-refractivity contribution is 9.11. The average molecular weight is 367 g/mol. The number of nitrogens with zero attached hydrogens (tertiary/aromatic N) is 1. The van der Waals surface area contributed by atoms with E-state index in [-0.39, 0.29) is 11.8 Å². The number of hydrogen-bond acceptors (Lipinski definition) is 3. The van der Waals surface area contributed by atoms with Crippen LogP contribution in [-0.4, -0.2) is 23.8 Å². The van der Waals surface area contributed by atoms with Gasteiger partial charge in [-0.1, -0.05) is 12.1 Å². The normalized spacial score (nSPS) is 10.2. The summed E-state index contributed by atoms with van der Waals surface area (Å²) in [6, 6.07) is 10.7. The molecule has 2 rings (SSSR count). The van der Waals surface area contributed by atoms with Crippen molar-refractivity contribution >= 4 is 44.8 Å². The van der Waals surface area contributed by atoms with E-state index >= 15 is 0 Å². The minimum Gasteiger partial charge on any atom is -0.322 e. The van der Waals surface area contributed by atoms with Gasteiger partial charge in [-0.15, -0.1) is 11.3 Å². The first kappa shape index (κ1) is 15.7. The third kappa shape index (κ3) is 4.41. The van der Waals surface area contributed by atoms with E-state index < -0.39 is 0 Å². The Morgan fingerprint density at radius 1 is 1.29 bits per heavy atom. The number of halogens is 1. The Hall–Kier alpha value is -1.66. The molecule has 2 aromatic rings. The van der Waals surface area contributed by atoms with Crippen molar-refractivity contribution in [2.45, 2.75) is 13.5 Å². The molecule has 1 aromatic heterocycles. The zero-order chi connectivity index (χ0) is 15.4. The summed E-state index contributed by atoms with van der Waals surface area (Å²) in [5.74, 6) is -0.0251. The number of benzene rings is 1. The number of anilines is 1. The highest BCUT2D eigenvalue weighted by atomic mass is 79.9. The SMILES string of the molecule is CC(=O)c1cccc(NC(=O)N(C)Cc2ccc(Br)s2)c1. The number of rotatable bonds is 4. The quantitative estimate of drug-likeness (QED) is 0.816. The summed E-state index contributed by atoms with van der Waals surface area (Å²) in [4.78, 5) is 26.2. The first-order chi connectivity index (χ1) is 9.95. The van der Waals surface area contributed by atoms with Gasteiger partial charge in [0.1, 0.15) is 0 Å². The van der Waals surface area contributed by atoms with Gasteiger partial charge in [-0.2, -0.15) is 0 Å². The molecule has 2 amide bonds. The van der Waals surface area contributed by atoms with E-state index in [1.165, 1.54) is 6.92 Å². The number of thiophene rings is 1. The monoisotopic (exact) mass is 366 g/mol. The summed E-state index contributed by atoms with van der Waals surface area (Å²) in [6.07, 6.45) is 0. The highest BCUT2D eigenvalue weighted by Crippen LogP contribution is 2.23. The van der Waals surface area contributed by atoms with Gasteiger partial charge in [0.25, 0.3) is 0 Å². The van der Waals surface area contributed by atoms with E-state index in [2.05, 4.69) is 21.2 Å². The van der Waals surface area contributed by atoms with Crippen molar-refractivity contribution in [1.82, 2.24) is 4.90 Å². The molecule has 0 fully saturated rings. The Kier molecular flexibility index (Phi) is 5.14. The Morgan fingerprint density at radius 2 is 2.05 bits per heavy atom. The van der Waals surface area contributed by atoms with Crippen LogP contribution < -0.4 is 5.32 Å². The lowest BCUT2D eigenvalue weighted by molar-refractivity contribution is 0.101. The van der Waals surface area contributed by atoms with Gasteiger partial charge in [0.15, 0.2) is 5.78 Å². The van der Waals surface area contributed by atoms with Gasteiger partial charge in [-0.05, 0) is 47.1 Å². The van der Waals surface area contributed by atoms with Gasteiger partial charge >= 0.3 is 6.03 Å². The largest absolute Gasteiger partial charge is 0.322 e. The van der Waals surface area contributed by atoms with Crippen molar-refractivity contribution in [1.29, 1.82) is 0 Å². The zero-order valence-electron chi connectivity index (χ0n) is 11.7. The second kappa shape index (κ2) is 6.87. The Balaban J connectivity index is 2.00. The summed E-state index contributed by atoms with van der Waals surface area (Å²) < 4.78 is 1.04. The molecule has 0 radical (unpaired) electrons. The molecule has 0 unspecified atom stereocenters. The lowest BCUT2D eigenvalue weighted by Crippen LogP contribution is -2.30. The number of nitrogens with one attached hydrogen (secondary N) is 1. The molecule has 0 saturated carbocycles. The van der Waals surface area contributed by atoms with Crippen LogP contribution in [0.5, 0.6) is 0 Å². The fourth-order valence-electron chi connectivity index (χ4n) is 1.78. The topological polar surface area (TPSA) is 49.4 Å². The molecule has 0 aliphatic heterocycles. The van der Waals surface area contributed by atoms with Crippen molar-refractivity contribution in [3.63, 3.8) is 0 Å². The molecule has 4 nitrogen and oxygen atoms in total. The van der Waals surface area contributed by atoms with Gasteiger partial charge < -0.3 is 10.2 Å². The van der Waals surface area contributed by atoms with Gasteiger partial charge in [-0.25, -0.2) is 4.79 Å². The van der Waals surface area contributed by atoms with Crippen molar-refractivity contribution in [2.24, 2.45) is 0 Å². The minimum absolute atomic E-state index is 0.0251. The summed E-state index contributed by atoms with van der Waals surface area (Å²) in [5.41, 5.74) is 1.20. The molecule has 0 bridgehead atoms. The van der Waals surface area contributed by atoms with E-state index in [1.807, 2.05) is 12.1 Å². The van der Waals surface area contributed by atoms with Crippen LogP contribution in [0.3, 0.4) is 0 Å². The predicted molar refractivity (Wildman–Crippen MR) is 89.0 cm³/mol. The van der Waals surface area contributed by atoms with Gasteiger partial charge in [0.05, 0.1) is 10.3 Å². The van der Waals surface area contributed by atoms with E-state index in [0.29, 0.717) is 17.8 Å². The molecular formula is C15H15BrN2O2S. The van der Waals surface area contributed by atoms with Crippen LogP contribution in [0.15, 0.2) is 40.2 Å². The minimum atomic E-state index is -0.208. The van der Waals surface area contributed by atoms with E-state index in [9.17, 15) is 9.59 Å². The number of hydrogen-bond donors (Lipinski definition) is 1. The number of carbonyl (C=O) groups excluding carboxylic acids is 2. The third-order valence-electron chi connectivity index (χ3n) is 2.89. The van der Waals surface area contributed by atoms with Gasteiger partial charge in [0.2, 0.25) is 0 Å². The van der Waals surface area contributed by atoms with E-state index in [1.54, 1.807) is 47.5 Å². The van der Waals surface area contributed by atoms with Crippen molar-refractivity contribution < 1.29 is 9.59 Å². The molecule has 1 heterocycles. The number of ketones is 1. The fourth-order valence-corrected chi connectivity index (χ4v) is 3.31. The van der Waals surface area contributed by atoms with Crippen LogP contribution in [0.1, 0.15) is 22.2 Å². The highest BCUT2D eigenvalue weighted by Gasteiger charge is 2.11. The van der Waals surface area contributed by atoms with Crippen LogP contribution in [0.4, 0.5) is 10.5 Å². The summed E-state index contributed by atoms with van der Waals surface area (Å²) in [5, 5.41) is 2.79. The first-order valence-corrected chi connectivity index (χ1v) is 7.94. The second-order valence-corrected chi connectivity index (χ2v) is 7.18. The average Bonchev–Trinajstić information content (AvgIpc) is 2.84. The molecule has 0 aliphatic rings. The molecular weight excluding hydrogens is 352 g/mol. The van der Waals surface area contributed by atoms with Crippen molar-refractivity contribution in [2.75, 3.05) is 12.4 Å². The lowest BCUT2D eigenvalue weighted by atomic mass is 10.1. The van der Waals surface area contributed by atoms with Gasteiger partial charge in [-0.3, -0.25) is 4.79 Å². The number of carbonyl (C=O) groups is 2. The first-order valence-electron chi connectivity index (χ1n) is 6.33. The fraction of sp³-hybridized carbons (Fsp3) is 0.200. The smallest absolute Gasteiger partial charge is 0.321 e. The van der Waals surface area contributed by atoms with Crippen LogP contribution >= 0.6 is 27.3 Å². The van der Waals surface area contributed by atoms with Crippen molar-refractivity contribution in [3.05, 3.63) is 50.6 Å². The molecule has 21 heavy (non-hydrogen) atoms. The molecule has 0 saturated heterocycles. The Morgan fingerprint density at radius 3 is 2.67 bits per heavy atom. The zero-order valence-corrected chi connectivity index (χ0v) is 14.1. The molecule has 0 atom stereocenters. The van der Waals surface area contributed by atoms with Gasteiger partial charge in [0, 0.05) is 23.2 Å². The molecule has 6 heteroatoms. The summed E-state index contributed by atoms with van der Waals surface area (Å²) in [6.45, 7) is 2.04. The molecule has 1 aromatic carbocycles. The molecule has 1 N–H and O–H groups in total. The maximum absolute atomic E-state index is 12.1. The molecule has 110 valence electrons. The van der Waals surface area contributed by atoms with Crippen molar-refractivity contribution in [3.8, 4) is 0 Å². The number of amides is 2. The van der Waals surface area contributed by atoms with E-state index in [4.69, 9.17) is 0 Å². The maximum atomic E-state index is 12.1. The summed E-state index contributed by atoms with van der Waals surface area (Å²) in [7, 11) is 1.73. The third-order valence-corrected chi connectivity index (χ3v) is 4.50. The lowest BCUT2D eigenvalue weighted by Gasteiger charge is -2.17. The van der Waals surface area contributed by atoms with Crippen LogP contribution in [0.25, 0.3) is 0 Å². The number of Topliss-reactive ketones (excluding diaryl/α,β-unsaturated/α-hetero) is 1. The Bertz CT molecular complexity index is 669. The molecule has 0 spiro atoms. The maximum Gasteiger partial charge on any atom is 0.321 e. The Labute approximate surface area is 135 Å². The van der Waals surface area contributed by atoms with Crippen LogP contribution in [-0.2, 0) is 6.54 Å². The second-order valence-electron chi connectivity index (χ2n) is 4.63. The van der Waals surface area contributed by atoms with Crippen LogP contribution in [0.2, 0.25) is 0 Å². The molecule has 0 aliphatic carbocycles. The summed E-state index contributed by atoms with van der Waals surface area (Å²) >= 11 is 5.00.